The van der Waals surface area contributed by atoms with Gasteiger partial charge in [0.05, 0.1) is 12.7 Å². The van der Waals surface area contributed by atoms with Gasteiger partial charge in [0.2, 0.25) is 0 Å². The van der Waals surface area contributed by atoms with Crippen molar-refractivity contribution in [3.05, 3.63) is 28.8 Å². The highest BCUT2D eigenvalue weighted by molar-refractivity contribution is 6.30. The lowest BCUT2D eigenvalue weighted by molar-refractivity contribution is 0.00982. The maximum atomic E-state index is 6.18. The number of rotatable bonds is 5. The first kappa shape index (κ1) is 14.3. The molecule has 3 nitrogen and oxygen atoms in total. The van der Waals surface area contributed by atoms with Crippen LogP contribution in [0.1, 0.15) is 31.9 Å². The Labute approximate surface area is 108 Å². The minimum Gasteiger partial charge on any atom is -0.496 e. The molecular formula is C13H20ClNO2. The van der Waals surface area contributed by atoms with Crippen molar-refractivity contribution >= 4 is 11.6 Å². The fraction of sp³-hybridized carbons (Fsp3) is 0.538. The number of nitrogens with two attached hydrogens (primary N) is 1. The second-order valence-corrected chi connectivity index (χ2v) is 5.10. The molecule has 1 aromatic rings. The largest absolute Gasteiger partial charge is 0.496 e. The summed E-state index contributed by atoms with van der Waals surface area (Å²) in [7, 11) is 3.31. The van der Waals surface area contributed by atoms with E-state index in [4.69, 9.17) is 26.8 Å². The highest BCUT2D eigenvalue weighted by Crippen LogP contribution is 2.32. The fourth-order valence-electron chi connectivity index (χ4n) is 1.72. The molecule has 0 saturated heterocycles. The smallest absolute Gasteiger partial charge is 0.123 e. The van der Waals surface area contributed by atoms with Crippen LogP contribution in [0, 0.1) is 0 Å². The third-order valence-electron chi connectivity index (χ3n) is 2.86. The van der Waals surface area contributed by atoms with Crippen molar-refractivity contribution in [3.8, 4) is 5.75 Å². The van der Waals surface area contributed by atoms with Crippen LogP contribution in [0.4, 0.5) is 0 Å². The zero-order valence-electron chi connectivity index (χ0n) is 10.8. The second-order valence-electron chi connectivity index (χ2n) is 4.66. The van der Waals surface area contributed by atoms with E-state index in [-0.39, 0.29) is 11.6 Å². The lowest BCUT2D eigenvalue weighted by Crippen LogP contribution is -2.29. The number of hydrogen-bond donors (Lipinski definition) is 1. The topological polar surface area (TPSA) is 44.5 Å². The van der Waals surface area contributed by atoms with Gasteiger partial charge in [-0.15, -0.1) is 0 Å². The van der Waals surface area contributed by atoms with E-state index in [1.165, 1.54) is 0 Å². The van der Waals surface area contributed by atoms with Gasteiger partial charge in [-0.25, -0.2) is 0 Å². The molecule has 1 unspecified atom stereocenters. The van der Waals surface area contributed by atoms with Gasteiger partial charge in [-0.2, -0.15) is 0 Å². The van der Waals surface area contributed by atoms with Crippen LogP contribution in [0.25, 0.3) is 0 Å². The van der Waals surface area contributed by atoms with Gasteiger partial charge in [-0.3, -0.25) is 0 Å². The summed E-state index contributed by atoms with van der Waals surface area (Å²) in [5.74, 6) is 0.758. The molecule has 0 aliphatic carbocycles. The average molecular weight is 258 g/mol. The zero-order valence-corrected chi connectivity index (χ0v) is 11.5. The van der Waals surface area contributed by atoms with E-state index in [0.717, 1.165) is 11.3 Å². The highest BCUT2D eigenvalue weighted by Gasteiger charge is 2.23. The van der Waals surface area contributed by atoms with Crippen molar-refractivity contribution in [2.45, 2.75) is 31.9 Å². The number of methoxy groups -OCH3 is 2. The number of hydrogen-bond acceptors (Lipinski definition) is 3. The standard InChI is InChI=1S/C13H20ClNO2/c1-13(2,17-4)8-11(15)10-7-9(14)5-6-12(10)16-3/h5-7,11H,8,15H2,1-4H3. The fourth-order valence-corrected chi connectivity index (χ4v) is 1.90. The molecule has 0 aliphatic heterocycles. The van der Waals surface area contributed by atoms with Crippen LogP contribution >= 0.6 is 11.6 Å². The molecule has 17 heavy (non-hydrogen) atoms. The van der Waals surface area contributed by atoms with Gasteiger partial charge in [0.25, 0.3) is 0 Å². The molecule has 2 N–H and O–H groups in total. The van der Waals surface area contributed by atoms with Crippen molar-refractivity contribution in [2.24, 2.45) is 5.73 Å². The first-order valence-electron chi connectivity index (χ1n) is 5.54. The molecule has 0 heterocycles. The van der Waals surface area contributed by atoms with Gasteiger partial charge in [0, 0.05) is 23.7 Å². The summed E-state index contributed by atoms with van der Waals surface area (Å²) in [6.45, 7) is 4.01. The highest BCUT2D eigenvalue weighted by atomic mass is 35.5. The number of ether oxygens (including phenoxy) is 2. The third kappa shape index (κ3) is 3.87. The first-order valence-corrected chi connectivity index (χ1v) is 5.91. The lowest BCUT2D eigenvalue weighted by atomic mass is 9.94. The van der Waals surface area contributed by atoms with Crippen LogP contribution in [0.3, 0.4) is 0 Å². The Bertz CT molecular complexity index is 380. The van der Waals surface area contributed by atoms with E-state index in [0.29, 0.717) is 11.4 Å². The van der Waals surface area contributed by atoms with E-state index in [1.54, 1.807) is 20.3 Å². The molecule has 4 heteroatoms. The quantitative estimate of drug-likeness (QED) is 0.881. The van der Waals surface area contributed by atoms with E-state index < -0.39 is 0 Å². The van der Waals surface area contributed by atoms with E-state index >= 15 is 0 Å². The Hall–Kier alpha value is -0.770. The molecule has 1 rings (SSSR count). The molecule has 0 fully saturated rings. The summed E-state index contributed by atoms with van der Waals surface area (Å²) in [5.41, 5.74) is 6.82. The Morgan fingerprint density at radius 3 is 2.53 bits per heavy atom. The number of benzene rings is 1. The van der Waals surface area contributed by atoms with Gasteiger partial charge in [-0.05, 0) is 38.5 Å². The Morgan fingerprint density at radius 1 is 1.35 bits per heavy atom. The van der Waals surface area contributed by atoms with Crippen LogP contribution in [-0.4, -0.2) is 19.8 Å². The summed E-state index contributed by atoms with van der Waals surface area (Å²) in [6, 6.07) is 5.30. The van der Waals surface area contributed by atoms with Crippen molar-refractivity contribution in [1.82, 2.24) is 0 Å². The first-order chi connectivity index (χ1) is 7.89. The van der Waals surface area contributed by atoms with Crippen LogP contribution in [-0.2, 0) is 4.74 Å². The van der Waals surface area contributed by atoms with Gasteiger partial charge in [-0.1, -0.05) is 11.6 Å². The van der Waals surface area contributed by atoms with Crippen molar-refractivity contribution < 1.29 is 9.47 Å². The van der Waals surface area contributed by atoms with E-state index in [9.17, 15) is 0 Å². The molecule has 0 saturated carbocycles. The van der Waals surface area contributed by atoms with E-state index in [2.05, 4.69) is 0 Å². The van der Waals surface area contributed by atoms with Crippen LogP contribution < -0.4 is 10.5 Å². The number of halogens is 1. The van der Waals surface area contributed by atoms with Gasteiger partial charge >= 0.3 is 0 Å². The minimum absolute atomic E-state index is 0.168. The van der Waals surface area contributed by atoms with Crippen molar-refractivity contribution in [1.29, 1.82) is 0 Å². The summed E-state index contributed by atoms with van der Waals surface area (Å²) < 4.78 is 10.7. The molecule has 0 bridgehead atoms. The third-order valence-corrected chi connectivity index (χ3v) is 3.09. The summed E-state index contributed by atoms with van der Waals surface area (Å²) in [6.07, 6.45) is 0.695. The predicted molar refractivity (Wildman–Crippen MR) is 70.6 cm³/mol. The zero-order chi connectivity index (χ0) is 13.1. The molecule has 0 spiro atoms. The van der Waals surface area contributed by atoms with Crippen LogP contribution in [0.15, 0.2) is 18.2 Å². The monoisotopic (exact) mass is 257 g/mol. The normalized spacial score (nSPS) is 13.5. The van der Waals surface area contributed by atoms with Crippen LogP contribution in [0.2, 0.25) is 5.02 Å². The van der Waals surface area contributed by atoms with Crippen molar-refractivity contribution in [3.63, 3.8) is 0 Å². The molecule has 0 aliphatic rings. The SMILES string of the molecule is COc1ccc(Cl)cc1C(N)CC(C)(C)OC. The Kier molecular flexibility index (Phi) is 4.80. The van der Waals surface area contributed by atoms with Crippen molar-refractivity contribution in [2.75, 3.05) is 14.2 Å². The Morgan fingerprint density at radius 2 is 2.00 bits per heavy atom. The summed E-state index contributed by atoms with van der Waals surface area (Å²) in [5, 5.41) is 0.659. The lowest BCUT2D eigenvalue weighted by Gasteiger charge is -2.27. The molecule has 0 amide bonds. The molecule has 0 radical (unpaired) electrons. The maximum Gasteiger partial charge on any atom is 0.123 e. The van der Waals surface area contributed by atoms with E-state index in [1.807, 2.05) is 26.0 Å². The Balaban J connectivity index is 2.95. The molecule has 96 valence electrons. The molecule has 1 aromatic carbocycles. The molecular weight excluding hydrogens is 238 g/mol. The minimum atomic E-state index is -0.271. The van der Waals surface area contributed by atoms with Gasteiger partial charge in [0.15, 0.2) is 0 Å². The summed E-state index contributed by atoms with van der Waals surface area (Å²) >= 11 is 5.98. The van der Waals surface area contributed by atoms with Crippen LogP contribution in [0.5, 0.6) is 5.75 Å². The predicted octanol–water partition coefficient (Wildman–Crippen LogP) is 3.16. The van der Waals surface area contributed by atoms with Gasteiger partial charge in [0.1, 0.15) is 5.75 Å². The second kappa shape index (κ2) is 5.71. The maximum absolute atomic E-state index is 6.18. The summed E-state index contributed by atoms with van der Waals surface area (Å²) in [4.78, 5) is 0. The molecule has 1 atom stereocenters. The molecule has 0 aromatic heterocycles. The van der Waals surface area contributed by atoms with Gasteiger partial charge < -0.3 is 15.2 Å². The average Bonchev–Trinajstić information content (AvgIpc) is 2.28.